The molecule has 17 unspecified atom stereocenters. The largest absolute Gasteiger partial charge is 0.392 e. The first-order valence-electron chi connectivity index (χ1n) is 18.9. The number of fused-ring (bicyclic) bond motifs is 2. The fourth-order valence-corrected chi connectivity index (χ4v) is 11.9. The van der Waals surface area contributed by atoms with E-state index >= 15 is 0 Å². The lowest BCUT2D eigenvalue weighted by molar-refractivity contribution is -0.201. The van der Waals surface area contributed by atoms with Crippen LogP contribution >= 0.6 is 0 Å². The van der Waals surface area contributed by atoms with Crippen molar-refractivity contribution in [2.75, 3.05) is 13.2 Å². The second-order valence-electron chi connectivity index (χ2n) is 17.7. The van der Waals surface area contributed by atoms with Crippen LogP contribution in [0.5, 0.6) is 0 Å². The van der Waals surface area contributed by atoms with Crippen LogP contribution in [0.3, 0.4) is 0 Å². The quantitative estimate of drug-likeness (QED) is 0.174. The van der Waals surface area contributed by atoms with Crippen molar-refractivity contribution in [3.8, 4) is 0 Å². The van der Waals surface area contributed by atoms with Crippen LogP contribution < -0.4 is 16.4 Å². The van der Waals surface area contributed by atoms with Crippen LogP contribution in [0.1, 0.15) is 73.1 Å². The topological polar surface area (TPSA) is 198 Å². The van der Waals surface area contributed by atoms with Gasteiger partial charge in [-0.3, -0.25) is 4.79 Å². The molecule has 5 aliphatic carbocycles. The molecule has 0 radical (unpaired) electrons. The Hall–Kier alpha value is -2.09. The van der Waals surface area contributed by atoms with Gasteiger partial charge in [0.05, 0.1) is 47.5 Å². The van der Waals surface area contributed by atoms with Crippen molar-refractivity contribution < 1.29 is 40.2 Å². The van der Waals surface area contributed by atoms with Gasteiger partial charge in [-0.1, -0.05) is 39.0 Å². The van der Waals surface area contributed by atoms with E-state index in [0.29, 0.717) is 31.4 Å². The minimum atomic E-state index is -1.62. The molecule has 0 aromatic carbocycles. The number of rotatable bonds is 7. The normalized spacial score (nSPS) is 49.2. The van der Waals surface area contributed by atoms with Crippen LogP contribution in [-0.2, 0) is 9.53 Å². The van der Waals surface area contributed by atoms with Gasteiger partial charge in [0.1, 0.15) is 6.10 Å². The Labute approximate surface area is 295 Å². The van der Waals surface area contributed by atoms with Crippen LogP contribution in [0.25, 0.3) is 0 Å². The first-order chi connectivity index (χ1) is 23.5. The maximum atomic E-state index is 15.0. The zero-order valence-corrected chi connectivity index (χ0v) is 30.1. The summed E-state index contributed by atoms with van der Waals surface area (Å²) in [6.45, 7) is 10.0. The smallest absolute Gasteiger partial charge is 0.182 e. The summed E-state index contributed by atoms with van der Waals surface area (Å²) in [5, 5.41) is 76.9. The number of ether oxygens (including phenoxy) is 1. The molecule has 50 heavy (non-hydrogen) atoms. The molecule has 1 spiro atoms. The number of Topliss-reactive ketones (excluding diaryl/α,β-unsaturated/α-hetero) is 1. The van der Waals surface area contributed by atoms with E-state index in [1.54, 1.807) is 13.8 Å². The van der Waals surface area contributed by atoms with Gasteiger partial charge in [0.2, 0.25) is 0 Å². The fourth-order valence-electron chi connectivity index (χ4n) is 11.9. The molecule has 2 heterocycles. The third-order valence-corrected chi connectivity index (χ3v) is 14.7. The monoisotopic (exact) mass is 697 g/mol. The SMILES string of the molecule is CC(O)CNC1=C2C3C(C=CC(C4=CNC(N)C=C4)CC34CC(O)C(O)CC4C1=O)CC1(C)C(C(C)(O)C(O)C3OCC(C)C3C)CCC21O. The average Bonchev–Trinajstić information content (AvgIpc) is 3.48. The molecule has 0 aromatic heterocycles. The lowest BCUT2D eigenvalue weighted by atomic mass is 9.41. The molecule has 278 valence electrons. The summed E-state index contributed by atoms with van der Waals surface area (Å²) in [4.78, 5) is 15.0. The lowest BCUT2D eigenvalue weighted by Gasteiger charge is -2.64. The molecule has 11 nitrogen and oxygen atoms in total. The highest BCUT2D eigenvalue weighted by Crippen LogP contribution is 2.72. The number of hydrogen-bond acceptors (Lipinski definition) is 11. The van der Waals surface area contributed by atoms with Crippen LogP contribution in [0.4, 0.5) is 0 Å². The maximum Gasteiger partial charge on any atom is 0.182 e. The zero-order chi connectivity index (χ0) is 36.1. The Morgan fingerprint density at radius 3 is 2.52 bits per heavy atom. The number of nitrogens with one attached hydrogen (secondary N) is 2. The molecule has 7 rings (SSSR count). The molecule has 0 amide bonds. The molecule has 1 saturated heterocycles. The first kappa shape index (κ1) is 36.3. The van der Waals surface area contributed by atoms with Crippen molar-refractivity contribution in [2.24, 2.45) is 58.0 Å². The third-order valence-electron chi connectivity index (χ3n) is 14.7. The minimum Gasteiger partial charge on any atom is -0.392 e. The molecule has 17 atom stereocenters. The van der Waals surface area contributed by atoms with Crippen LogP contribution in [-0.4, -0.2) is 97.5 Å². The standard InChI is InChI=1S/C39H59N3O8/c1-19-18-50-34(21(19)3)35(47)37(5,48)28-10-11-39(49)31-30-23(13-36(28,39)4)7-6-22(24-8-9-29(40)41-17-24)14-38(30)15-27(45)26(44)12-25(38)33(46)32(31)42-16-20(2)43/h6-9,17,19-23,25-30,34-35,41-45,47-49H,10-16,18,40H2,1-5H3. The van der Waals surface area contributed by atoms with Crippen molar-refractivity contribution in [1.82, 2.24) is 10.6 Å². The van der Waals surface area contributed by atoms with Crippen molar-refractivity contribution >= 4 is 5.78 Å². The molecular formula is C39H59N3O8. The third kappa shape index (κ3) is 5.24. The predicted octanol–water partition coefficient (Wildman–Crippen LogP) is 1.38. The number of carbonyl (C=O) groups is 1. The van der Waals surface area contributed by atoms with Gasteiger partial charge >= 0.3 is 0 Å². The van der Waals surface area contributed by atoms with Gasteiger partial charge in [-0.2, -0.15) is 0 Å². The Morgan fingerprint density at radius 2 is 1.88 bits per heavy atom. The number of aliphatic hydroxyl groups excluding tert-OH is 4. The summed E-state index contributed by atoms with van der Waals surface area (Å²) in [5.74, 6) is -1.81. The number of ketones is 1. The van der Waals surface area contributed by atoms with Gasteiger partial charge in [0, 0.05) is 36.6 Å². The van der Waals surface area contributed by atoms with E-state index in [1.807, 2.05) is 32.2 Å². The summed E-state index contributed by atoms with van der Waals surface area (Å²) in [6, 6.07) is 0. The van der Waals surface area contributed by atoms with Gasteiger partial charge in [0.25, 0.3) is 0 Å². The lowest BCUT2D eigenvalue weighted by Crippen LogP contribution is -2.67. The van der Waals surface area contributed by atoms with E-state index in [4.69, 9.17) is 10.5 Å². The molecule has 11 heteroatoms. The van der Waals surface area contributed by atoms with E-state index in [9.17, 15) is 35.4 Å². The van der Waals surface area contributed by atoms with Crippen LogP contribution in [0, 0.1) is 52.3 Å². The second kappa shape index (κ2) is 12.5. The number of allylic oxidation sites excluding steroid dienone is 5. The molecule has 7 aliphatic rings. The highest BCUT2D eigenvalue weighted by molar-refractivity contribution is 6.00. The summed E-state index contributed by atoms with van der Waals surface area (Å²) in [6.07, 6.45) is 7.26. The fraction of sp³-hybridized carbons (Fsp3) is 0.769. The van der Waals surface area contributed by atoms with Gasteiger partial charge in [-0.25, -0.2) is 0 Å². The number of dihydropyridines is 1. The molecule has 4 fully saturated rings. The van der Waals surface area contributed by atoms with Gasteiger partial charge in [-0.05, 0) is 105 Å². The van der Waals surface area contributed by atoms with Crippen molar-refractivity contribution in [1.29, 1.82) is 0 Å². The van der Waals surface area contributed by atoms with Gasteiger partial charge in [-0.15, -0.1) is 0 Å². The first-order valence-corrected chi connectivity index (χ1v) is 18.9. The number of aliphatic hydroxyl groups is 6. The van der Waals surface area contributed by atoms with E-state index in [2.05, 4.69) is 29.7 Å². The van der Waals surface area contributed by atoms with E-state index in [0.717, 1.165) is 5.57 Å². The van der Waals surface area contributed by atoms with E-state index < -0.39 is 64.4 Å². The summed E-state index contributed by atoms with van der Waals surface area (Å²) in [7, 11) is 0. The van der Waals surface area contributed by atoms with Gasteiger partial charge in [0.15, 0.2) is 5.78 Å². The number of hydrogen-bond donors (Lipinski definition) is 9. The Kier molecular flexibility index (Phi) is 9.07. The maximum absolute atomic E-state index is 15.0. The average molecular weight is 698 g/mol. The molecule has 10 N–H and O–H groups in total. The predicted molar refractivity (Wildman–Crippen MR) is 187 cm³/mol. The van der Waals surface area contributed by atoms with Crippen LogP contribution in [0.15, 0.2) is 47.3 Å². The molecule has 2 aliphatic heterocycles. The molecule has 3 saturated carbocycles. The van der Waals surface area contributed by atoms with E-state index in [-0.39, 0.29) is 73.0 Å². The highest BCUT2D eigenvalue weighted by atomic mass is 16.5. The molecule has 0 aromatic rings. The van der Waals surface area contributed by atoms with E-state index in [1.165, 1.54) is 0 Å². The highest BCUT2D eigenvalue weighted by Gasteiger charge is 2.73. The molecular weight excluding hydrogens is 638 g/mol. The minimum absolute atomic E-state index is 0.0361. The number of carbonyl (C=O) groups excluding carboxylic acids is 1. The Morgan fingerprint density at radius 1 is 1.14 bits per heavy atom. The zero-order valence-electron chi connectivity index (χ0n) is 30.1. The van der Waals surface area contributed by atoms with Gasteiger partial charge < -0.3 is 51.7 Å². The Bertz CT molecular complexity index is 1490. The Balaban J connectivity index is 1.40. The summed E-state index contributed by atoms with van der Waals surface area (Å²) < 4.78 is 6.05. The molecule has 0 bridgehead atoms. The number of nitrogens with two attached hydrogens (primary N) is 1. The van der Waals surface area contributed by atoms with Crippen molar-refractivity contribution in [3.63, 3.8) is 0 Å². The summed E-state index contributed by atoms with van der Waals surface area (Å²) >= 11 is 0. The summed E-state index contributed by atoms with van der Waals surface area (Å²) in [5.41, 5.74) is 3.04. The van der Waals surface area contributed by atoms with Crippen LogP contribution in [0.2, 0.25) is 0 Å². The second-order valence-corrected chi connectivity index (χ2v) is 17.7. The van der Waals surface area contributed by atoms with Crippen molar-refractivity contribution in [3.05, 3.63) is 47.3 Å². The van der Waals surface area contributed by atoms with Crippen molar-refractivity contribution in [2.45, 2.75) is 121 Å².